The highest BCUT2D eigenvalue weighted by molar-refractivity contribution is 6.33. The minimum absolute atomic E-state index is 0.317. The van der Waals surface area contributed by atoms with Crippen molar-refractivity contribution in [2.45, 2.75) is 6.61 Å². The zero-order valence-corrected chi connectivity index (χ0v) is 11.2. The molecule has 0 atom stereocenters. The third kappa shape index (κ3) is 3.48. The number of carbonyl (C=O) groups is 1. The number of halogens is 1. The Hall–Kier alpha value is -2.00. The van der Waals surface area contributed by atoms with E-state index in [4.69, 9.17) is 16.3 Å². The van der Waals surface area contributed by atoms with E-state index in [0.717, 1.165) is 5.56 Å². The molecule has 0 N–H and O–H groups in total. The number of methoxy groups -OCH3 is 1. The summed E-state index contributed by atoms with van der Waals surface area (Å²) in [6.07, 6.45) is 0. The van der Waals surface area contributed by atoms with Gasteiger partial charge in [0.25, 0.3) is 0 Å². The molecular formula is C15H13ClO3. The van der Waals surface area contributed by atoms with Gasteiger partial charge in [-0.15, -0.1) is 0 Å². The van der Waals surface area contributed by atoms with E-state index >= 15 is 0 Å². The summed E-state index contributed by atoms with van der Waals surface area (Å²) in [5.74, 6) is 0.154. The van der Waals surface area contributed by atoms with Crippen LogP contribution in [-0.2, 0) is 11.3 Å². The molecule has 2 aromatic carbocycles. The minimum Gasteiger partial charge on any atom is -0.489 e. The van der Waals surface area contributed by atoms with Crippen LogP contribution in [0.3, 0.4) is 0 Å². The predicted octanol–water partition coefficient (Wildman–Crippen LogP) is 3.71. The highest BCUT2D eigenvalue weighted by Gasteiger charge is 2.11. The van der Waals surface area contributed by atoms with Crippen LogP contribution in [0.15, 0.2) is 48.5 Å². The van der Waals surface area contributed by atoms with Gasteiger partial charge in [0.05, 0.1) is 17.7 Å². The molecular weight excluding hydrogens is 264 g/mol. The van der Waals surface area contributed by atoms with E-state index in [1.54, 1.807) is 18.2 Å². The summed E-state index contributed by atoms with van der Waals surface area (Å²) in [6.45, 7) is 0.453. The standard InChI is InChI=1S/C15H13ClO3/c1-18-15(17)13-8-7-12(9-14(13)16)19-10-11-5-3-2-4-6-11/h2-9H,10H2,1H3. The van der Waals surface area contributed by atoms with Gasteiger partial charge in [0.2, 0.25) is 0 Å². The van der Waals surface area contributed by atoms with Crippen molar-refractivity contribution in [3.05, 3.63) is 64.7 Å². The molecule has 0 saturated carbocycles. The lowest BCUT2D eigenvalue weighted by atomic mass is 10.2. The molecule has 0 amide bonds. The van der Waals surface area contributed by atoms with E-state index in [0.29, 0.717) is 22.9 Å². The largest absolute Gasteiger partial charge is 0.489 e. The predicted molar refractivity (Wildman–Crippen MR) is 73.6 cm³/mol. The highest BCUT2D eigenvalue weighted by Crippen LogP contribution is 2.23. The molecule has 0 aromatic heterocycles. The number of benzene rings is 2. The van der Waals surface area contributed by atoms with Crippen molar-refractivity contribution >= 4 is 17.6 Å². The maximum atomic E-state index is 11.4. The quantitative estimate of drug-likeness (QED) is 0.799. The van der Waals surface area contributed by atoms with Gasteiger partial charge in [0.1, 0.15) is 12.4 Å². The van der Waals surface area contributed by atoms with Gasteiger partial charge < -0.3 is 9.47 Å². The average Bonchev–Trinajstić information content (AvgIpc) is 2.45. The van der Waals surface area contributed by atoms with Crippen LogP contribution < -0.4 is 4.74 Å². The Morgan fingerprint density at radius 2 is 1.89 bits per heavy atom. The third-order valence-corrected chi connectivity index (χ3v) is 2.91. The Bertz CT molecular complexity index is 567. The Balaban J connectivity index is 2.06. The molecule has 0 fully saturated rings. The fourth-order valence-corrected chi connectivity index (χ4v) is 1.85. The van der Waals surface area contributed by atoms with Crippen molar-refractivity contribution in [2.75, 3.05) is 7.11 Å². The number of hydrogen-bond donors (Lipinski definition) is 0. The van der Waals surface area contributed by atoms with Crippen molar-refractivity contribution in [1.29, 1.82) is 0 Å². The van der Waals surface area contributed by atoms with E-state index in [1.165, 1.54) is 7.11 Å². The summed E-state index contributed by atoms with van der Waals surface area (Å²) in [5, 5.41) is 0.317. The lowest BCUT2D eigenvalue weighted by molar-refractivity contribution is 0.0601. The molecule has 0 aliphatic heterocycles. The molecule has 0 radical (unpaired) electrons. The fraction of sp³-hybridized carbons (Fsp3) is 0.133. The van der Waals surface area contributed by atoms with Crippen LogP contribution in [0.2, 0.25) is 5.02 Å². The molecule has 2 rings (SSSR count). The molecule has 0 unspecified atom stereocenters. The first kappa shape index (κ1) is 13.4. The zero-order valence-electron chi connectivity index (χ0n) is 10.4. The van der Waals surface area contributed by atoms with Crippen LogP contribution in [0.1, 0.15) is 15.9 Å². The Morgan fingerprint density at radius 3 is 2.53 bits per heavy atom. The van der Waals surface area contributed by atoms with Gasteiger partial charge in [-0.3, -0.25) is 0 Å². The van der Waals surface area contributed by atoms with Crippen molar-refractivity contribution in [2.24, 2.45) is 0 Å². The SMILES string of the molecule is COC(=O)c1ccc(OCc2ccccc2)cc1Cl. The van der Waals surface area contributed by atoms with Gasteiger partial charge in [-0.1, -0.05) is 41.9 Å². The average molecular weight is 277 g/mol. The lowest BCUT2D eigenvalue weighted by Gasteiger charge is -2.08. The summed E-state index contributed by atoms with van der Waals surface area (Å²) in [6, 6.07) is 14.7. The number of rotatable bonds is 4. The first-order valence-electron chi connectivity index (χ1n) is 5.75. The molecule has 4 heteroatoms. The second-order valence-corrected chi connectivity index (χ2v) is 4.31. The van der Waals surface area contributed by atoms with Crippen LogP contribution >= 0.6 is 11.6 Å². The summed E-state index contributed by atoms with van der Waals surface area (Å²) < 4.78 is 10.2. The molecule has 3 nitrogen and oxygen atoms in total. The van der Waals surface area contributed by atoms with Gasteiger partial charge in [-0.05, 0) is 23.8 Å². The molecule has 2 aromatic rings. The van der Waals surface area contributed by atoms with E-state index < -0.39 is 5.97 Å². The molecule has 0 spiro atoms. The van der Waals surface area contributed by atoms with E-state index in [1.807, 2.05) is 30.3 Å². The first-order valence-corrected chi connectivity index (χ1v) is 6.13. The van der Waals surface area contributed by atoms with Gasteiger partial charge in [0, 0.05) is 0 Å². The Morgan fingerprint density at radius 1 is 1.16 bits per heavy atom. The maximum Gasteiger partial charge on any atom is 0.339 e. The van der Waals surface area contributed by atoms with Gasteiger partial charge in [-0.25, -0.2) is 4.79 Å². The second-order valence-electron chi connectivity index (χ2n) is 3.91. The van der Waals surface area contributed by atoms with E-state index in [2.05, 4.69) is 4.74 Å². The van der Waals surface area contributed by atoms with Crippen LogP contribution in [0.4, 0.5) is 0 Å². The third-order valence-electron chi connectivity index (χ3n) is 2.59. The van der Waals surface area contributed by atoms with Crippen LogP contribution in [0.25, 0.3) is 0 Å². The monoisotopic (exact) mass is 276 g/mol. The Kier molecular flexibility index (Phi) is 4.42. The summed E-state index contributed by atoms with van der Waals surface area (Å²) in [5.41, 5.74) is 1.40. The van der Waals surface area contributed by atoms with Gasteiger partial charge in [0.15, 0.2) is 0 Å². The highest BCUT2D eigenvalue weighted by atomic mass is 35.5. The molecule has 0 bridgehead atoms. The van der Waals surface area contributed by atoms with Crippen LogP contribution in [0.5, 0.6) is 5.75 Å². The van der Waals surface area contributed by atoms with Crippen LogP contribution in [-0.4, -0.2) is 13.1 Å². The van der Waals surface area contributed by atoms with E-state index in [9.17, 15) is 4.79 Å². The smallest absolute Gasteiger partial charge is 0.339 e. The first-order chi connectivity index (χ1) is 9.20. The summed E-state index contributed by atoms with van der Waals surface area (Å²) in [4.78, 5) is 11.4. The lowest BCUT2D eigenvalue weighted by Crippen LogP contribution is -2.02. The van der Waals surface area contributed by atoms with Crippen LogP contribution in [0, 0.1) is 0 Å². The van der Waals surface area contributed by atoms with Gasteiger partial charge in [-0.2, -0.15) is 0 Å². The molecule has 0 aliphatic rings. The Labute approximate surface area is 116 Å². The molecule has 19 heavy (non-hydrogen) atoms. The number of esters is 1. The zero-order chi connectivity index (χ0) is 13.7. The number of ether oxygens (including phenoxy) is 2. The van der Waals surface area contributed by atoms with Crippen molar-refractivity contribution < 1.29 is 14.3 Å². The normalized spacial score (nSPS) is 10.0. The number of carbonyl (C=O) groups excluding carboxylic acids is 1. The number of hydrogen-bond acceptors (Lipinski definition) is 3. The second kappa shape index (κ2) is 6.25. The van der Waals surface area contributed by atoms with Crippen molar-refractivity contribution in [3.8, 4) is 5.75 Å². The molecule has 0 heterocycles. The topological polar surface area (TPSA) is 35.5 Å². The molecule has 0 saturated heterocycles. The maximum absolute atomic E-state index is 11.4. The summed E-state index contributed by atoms with van der Waals surface area (Å²) >= 11 is 6.00. The molecule has 98 valence electrons. The molecule has 0 aliphatic carbocycles. The van der Waals surface area contributed by atoms with Gasteiger partial charge >= 0.3 is 5.97 Å². The minimum atomic E-state index is -0.459. The summed E-state index contributed by atoms with van der Waals surface area (Å²) in [7, 11) is 1.32. The van der Waals surface area contributed by atoms with Crippen molar-refractivity contribution in [1.82, 2.24) is 0 Å². The van der Waals surface area contributed by atoms with Crippen molar-refractivity contribution in [3.63, 3.8) is 0 Å². The fourth-order valence-electron chi connectivity index (χ4n) is 1.60. The van der Waals surface area contributed by atoms with E-state index in [-0.39, 0.29) is 0 Å².